The number of fused-ring (bicyclic) bond motifs is 1. The molecule has 158 valence electrons. The quantitative estimate of drug-likeness (QED) is 0.457. The van der Waals surface area contributed by atoms with Crippen LogP contribution in [0.4, 0.5) is 0 Å². The zero-order valence-corrected chi connectivity index (χ0v) is 18.9. The van der Waals surface area contributed by atoms with Gasteiger partial charge in [-0.05, 0) is 43.7 Å². The van der Waals surface area contributed by atoms with Crippen LogP contribution >= 0.6 is 15.9 Å². The van der Waals surface area contributed by atoms with E-state index in [1.165, 1.54) is 4.68 Å². The molecule has 2 aromatic carbocycles. The van der Waals surface area contributed by atoms with Crippen LogP contribution in [0.5, 0.6) is 0 Å². The third-order valence-corrected chi connectivity index (χ3v) is 5.61. The molecule has 2 heterocycles. The van der Waals surface area contributed by atoms with Crippen molar-refractivity contribution in [2.24, 2.45) is 0 Å². The van der Waals surface area contributed by atoms with E-state index in [0.717, 1.165) is 26.8 Å². The number of aromatic nitrogens is 4. The number of aryl methyl sites for hydroxylation is 3. The van der Waals surface area contributed by atoms with Crippen LogP contribution in [0, 0.1) is 13.8 Å². The first kappa shape index (κ1) is 21.0. The highest BCUT2D eigenvalue weighted by Gasteiger charge is 2.17. The van der Waals surface area contributed by atoms with Gasteiger partial charge in [0.25, 0.3) is 5.56 Å². The number of carbonyl (C=O) groups is 1. The molecule has 0 radical (unpaired) electrons. The number of para-hydroxylation sites is 1. The number of rotatable bonds is 6. The summed E-state index contributed by atoms with van der Waals surface area (Å²) in [5, 5.41) is 12.6. The maximum atomic E-state index is 13.0. The third-order valence-electron chi connectivity index (χ3n) is 5.12. The SMILES string of the molecule is Cc1nn(CCC(=O)NCc2cccc(Br)c2)c(=O)c2nn(-c3ccccc3)c(C)c12. The summed E-state index contributed by atoms with van der Waals surface area (Å²) in [6.07, 6.45) is 0.157. The minimum absolute atomic E-state index is 0.141. The van der Waals surface area contributed by atoms with E-state index in [9.17, 15) is 9.59 Å². The highest BCUT2D eigenvalue weighted by Crippen LogP contribution is 2.21. The molecule has 4 aromatic rings. The van der Waals surface area contributed by atoms with E-state index in [-0.39, 0.29) is 24.4 Å². The second kappa shape index (κ2) is 8.85. The number of amides is 1. The summed E-state index contributed by atoms with van der Waals surface area (Å²) in [5.74, 6) is -0.141. The molecule has 1 N–H and O–H groups in total. The first-order valence-electron chi connectivity index (χ1n) is 9.97. The van der Waals surface area contributed by atoms with Gasteiger partial charge in [-0.15, -0.1) is 0 Å². The lowest BCUT2D eigenvalue weighted by Gasteiger charge is -2.08. The van der Waals surface area contributed by atoms with Gasteiger partial charge in [0, 0.05) is 17.4 Å². The zero-order valence-electron chi connectivity index (χ0n) is 17.3. The molecule has 1 amide bonds. The molecule has 7 nitrogen and oxygen atoms in total. The van der Waals surface area contributed by atoms with Crippen LogP contribution in [0.3, 0.4) is 0 Å². The van der Waals surface area contributed by atoms with Crippen molar-refractivity contribution in [1.29, 1.82) is 0 Å². The molecule has 31 heavy (non-hydrogen) atoms. The average molecular weight is 480 g/mol. The minimum Gasteiger partial charge on any atom is -0.352 e. The molecular formula is C23H22BrN5O2. The van der Waals surface area contributed by atoms with Crippen LogP contribution in [0.1, 0.15) is 23.4 Å². The summed E-state index contributed by atoms with van der Waals surface area (Å²) in [4.78, 5) is 25.3. The first-order chi connectivity index (χ1) is 14.9. The maximum Gasteiger partial charge on any atom is 0.295 e. The zero-order chi connectivity index (χ0) is 22.0. The van der Waals surface area contributed by atoms with Crippen molar-refractivity contribution in [3.8, 4) is 5.69 Å². The molecule has 0 fully saturated rings. The molecule has 4 rings (SSSR count). The number of nitrogens with one attached hydrogen (secondary N) is 1. The van der Waals surface area contributed by atoms with Crippen LogP contribution in [-0.2, 0) is 17.9 Å². The average Bonchev–Trinajstić information content (AvgIpc) is 3.12. The Morgan fingerprint density at radius 3 is 2.58 bits per heavy atom. The summed E-state index contributed by atoms with van der Waals surface area (Å²) in [5.41, 5.74) is 3.53. The van der Waals surface area contributed by atoms with Crippen LogP contribution in [0.2, 0.25) is 0 Å². The molecule has 0 spiro atoms. The minimum atomic E-state index is -0.293. The van der Waals surface area contributed by atoms with Crippen molar-refractivity contribution in [3.05, 3.63) is 86.4 Å². The van der Waals surface area contributed by atoms with Gasteiger partial charge >= 0.3 is 0 Å². The van der Waals surface area contributed by atoms with E-state index in [4.69, 9.17) is 0 Å². The fourth-order valence-electron chi connectivity index (χ4n) is 3.60. The molecule has 8 heteroatoms. The van der Waals surface area contributed by atoms with Crippen molar-refractivity contribution < 1.29 is 4.79 Å². The highest BCUT2D eigenvalue weighted by molar-refractivity contribution is 9.10. The van der Waals surface area contributed by atoms with E-state index < -0.39 is 0 Å². The maximum absolute atomic E-state index is 13.0. The van der Waals surface area contributed by atoms with Gasteiger partial charge in [-0.3, -0.25) is 9.59 Å². The lowest BCUT2D eigenvalue weighted by atomic mass is 10.2. The molecule has 0 atom stereocenters. The molecule has 0 aliphatic rings. The standard InChI is InChI=1S/C23H22BrN5O2/c1-15-21-16(2)29(19-9-4-3-5-10-19)27-22(21)23(31)28(26-15)12-11-20(30)25-14-17-7-6-8-18(24)13-17/h3-10,13H,11-12,14H2,1-2H3,(H,25,30). The third kappa shape index (κ3) is 4.44. The molecule has 0 saturated carbocycles. The predicted molar refractivity (Wildman–Crippen MR) is 123 cm³/mol. The molecular weight excluding hydrogens is 458 g/mol. The smallest absolute Gasteiger partial charge is 0.295 e. The van der Waals surface area contributed by atoms with E-state index in [1.807, 2.05) is 68.4 Å². The predicted octanol–water partition coefficient (Wildman–Crippen LogP) is 3.67. The Hall–Kier alpha value is -3.26. The van der Waals surface area contributed by atoms with Crippen LogP contribution in [0.15, 0.2) is 63.9 Å². The molecule has 0 bridgehead atoms. The van der Waals surface area contributed by atoms with Crippen LogP contribution in [0.25, 0.3) is 16.6 Å². The Bertz CT molecular complexity index is 1310. The highest BCUT2D eigenvalue weighted by atomic mass is 79.9. The lowest BCUT2D eigenvalue weighted by Crippen LogP contribution is -2.29. The van der Waals surface area contributed by atoms with Gasteiger partial charge in [0.15, 0.2) is 5.52 Å². The number of benzene rings is 2. The van der Waals surface area contributed by atoms with E-state index in [1.54, 1.807) is 4.68 Å². The van der Waals surface area contributed by atoms with Gasteiger partial charge in [-0.1, -0.05) is 46.3 Å². The van der Waals surface area contributed by atoms with Crippen LogP contribution in [-0.4, -0.2) is 25.5 Å². The normalized spacial score (nSPS) is 11.1. The number of hydrogen-bond donors (Lipinski definition) is 1. The van der Waals surface area contributed by atoms with E-state index in [0.29, 0.717) is 17.8 Å². The number of halogens is 1. The van der Waals surface area contributed by atoms with Gasteiger partial charge in [0.2, 0.25) is 5.91 Å². The Kier molecular flexibility index (Phi) is 5.99. The second-order valence-electron chi connectivity index (χ2n) is 7.33. The van der Waals surface area contributed by atoms with E-state index in [2.05, 4.69) is 31.4 Å². The fourth-order valence-corrected chi connectivity index (χ4v) is 4.05. The lowest BCUT2D eigenvalue weighted by molar-refractivity contribution is -0.121. The number of hydrogen-bond acceptors (Lipinski definition) is 4. The van der Waals surface area contributed by atoms with Crippen LogP contribution < -0.4 is 10.9 Å². The van der Waals surface area contributed by atoms with Gasteiger partial charge in [0.1, 0.15) is 0 Å². The number of nitrogens with zero attached hydrogens (tertiary/aromatic N) is 4. The summed E-state index contributed by atoms with van der Waals surface area (Å²) in [7, 11) is 0. The summed E-state index contributed by atoms with van der Waals surface area (Å²) >= 11 is 3.42. The Morgan fingerprint density at radius 2 is 1.84 bits per heavy atom. The van der Waals surface area contributed by atoms with Gasteiger partial charge in [-0.2, -0.15) is 10.2 Å². The topological polar surface area (TPSA) is 81.8 Å². The molecule has 0 aliphatic heterocycles. The van der Waals surface area contributed by atoms with Crippen molar-refractivity contribution in [3.63, 3.8) is 0 Å². The monoisotopic (exact) mass is 479 g/mol. The van der Waals surface area contributed by atoms with Gasteiger partial charge in [-0.25, -0.2) is 9.36 Å². The van der Waals surface area contributed by atoms with Gasteiger partial charge < -0.3 is 5.32 Å². The molecule has 0 saturated heterocycles. The molecule has 0 aliphatic carbocycles. The van der Waals surface area contributed by atoms with E-state index >= 15 is 0 Å². The van der Waals surface area contributed by atoms with Crippen molar-refractivity contribution in [1.82, 2.24) is 24.9 Å². The fraction of sp³-hybridized carbons (Fsp3) is 0.217. The summed E-state index contributed by atoms with van der Waals surface area (Å²) < 4.78 is 4.05. The van der Waals surface area contributed by atoms with Crippen molar-refractivity contribution in [2.45, 2.75) is 33.4 Å². The number of carbonyl (C=O) groups excluding carboxylic acids is 1. The Balaban J connectivity index is 1.52. The van der Waals surface area contributed by atoms with Crippen molar-refractivity contribution >= 4 is 32.7 Å². The second-order valence-corrected chi connectivity index (χ2v) is 8.24. The Labute approximate surface area is 187 Å². The largest absolute Gasteiger partial charge is 0.352 e. The summed E-state index contributed by atoms with van der Waals surface area (Å²) in [6, 6.07) is 17.4. The molecule has 0 unspecified atom stereocenters. The summed E-state index contributed by atoms with van der Waals surface area (Å²) in [6.45, 7) is 4.41. The Morgan fingerprint density at radius 1 is 1.06 bits per heavy atom. The first-order valence-corrected chi connectivity index (χ1v) is 10.8. The van der Waals surface area contributed by atoms with Crippen molar-refractivity contribution in [2.75, 3.05) is 0 Å². The molecule has 2 aromatic heterocycles. The van der Waals surface area contributed by atoms with Gasteiger partial charge in [0.05, 0.1) is 29.0 Å².